The maximum atomic E-state index is 10.7. The van der Waals surface area contributed by atoms with Gasteiger partial charge in [-0.25, -0.2) is 4.68 Å². The molecular formula is C12H14N4O3. The Balaban J connectivity index is 2.26. The first kappa shape index (κ1) is 13.2. The van der Waals surface area contributed by atoms with Gasteiger partial charge < -0.3 is 5.11 Å². The molecule has 1 heterocycles. The molecule has 0 amide bonds. The predicted molar refractivity (Wildman–Crippen MR) is 68.2 cm³/mol. The summed E-state index contributed by atoms with van der Waals surface area (Å²) in [5.74, 6) is 0. The van der Waals surface area contributed by atoms with E-state index in [0.29, 0.717) is 12.8 Å². The number of nitro benzene ring substituents is 1. The minimum absolute atomic E-state index is 0.0573. The maximum Gasteiger partial charge on any atom is 0.269 e. The molecular weight excluding hydrogens is 248 g/mol. The van der Waals surface area contributed by atoms with Crippen LogP contribution < -0.4 is 0 Å². The number of hydrogen-bond acceptors (Lipinski definition) is 5. The van der Waals surface area contributed by atoms with Crippen LogP contribution in [0, 0.1) is 17.0 Å². The van der Waals surface area contributed by atoms with Crippen molar-refractivity contribution in [3.05, 3.63) is 45.8 Å². The predicted octanol–water partition coefficient (Wildman–Crippen LogP) is 1.41. The highest BCUT2D eigenvalue weighted by Gasteiger charge is 2.10. The van der Waals surface area contributed by atoms with Crippen molar-refractivity contribution in [1.29, 1.82) is 0 Å². The molecule has 0 aliphatic heterocycles. The fourth-order valence-corrected chi connectivity index (χ4v) is 1.80. The van der Waals surface area contributed by atoms with Crippen LogP contribution in [-0.2, 0) is 6.42 Å². The summed E-state index contributed by atoms with van der Waals surface area (Å²) in [7, 11) is 0. The van der Waals surface area contributed by atoms with Crippen LogP contribution in [0.3, 0.4) is 0 Å². The minimum atomic E-state index is -0.426. The third-order valence-corrected chi connectivity index (χ3v) is 2.77. The number of hydrogen-bond donors (Lipinski definition) is 1. The van der Waals surface area contributed by atoms with Crippen LogP contribution in [0.1, 0.15) is 17.7 Å². The minimum Gasteiger partial charge on any atom is -0.396 e. The Morgan fingerprint density at radius 1 is 1.47 bits per heavy atom. The zero-order valence-electron chi connectivity index (χ0n) is 10.5. The van der Waals surface area contributed by atoms with Crippen molar-refractivity contribution >= 4 is 5.69 Å². The van der Waals surface area contributed by atoms with E-state index in [4.69, 9.17) is 5.11 Å². The average Bonchev–Trinajstić information content (AvgIpc) is 2.84. The fourth-order valence-electron chi connectivity index (χ4n) is 1.80. The van der Waals surface area contributed by atoms with Gasteiger partial charge in [-0.15, -0.1) is 5.10 Å². The Hall–Kier alpha value is -2.28. The van der Waals surface area contributed by atoms with E-state index in [-0.39, 0.29) is 12.3 Å². The van der Waals surface area contributed by atoms with Crippen molar-refractivity contribution in [2.45, 2.75) is 19.8 Å². The van der Waals surface area contributed by atoms with Gasteiger partial charge in [0.1, 0.15) is 0 Å². The topological polar surface area (TPSA) is 94.1 Å². The van der Waals surface area contributed by atoms with E-state index in [1.165, 1.54) is 12.1 Å². The molecule has 7 heteroatoms. The van der Waals surface area contributed by atoms with Crippen LogP contribution >= 0.6 is 0 Å². The van der Waals surface area contributed by atoms with E-state index >= 15 is 0 Å². The summed E-state index contributed by atoms with van der Waals surface area (Å²) in [5, 5.41) is 27.4. The van der Waals surface area contributed by atoms with Gasteiger partial charge in [0, 0.05) is 18.7 Å². The molecule has 0 fully saturated rings. The standard InChI is InChI=1S/C12H14N4O3/c1-9-7-11(16(18)19)4-5-12(9)15-8-10(13-14-15)3-2-6-17/h4-5,7-8,17H,2-3,6H2,1H3. The lowest BCUT2D eigenvalue weighted by molar-refractivity contribution is -0.384. The lowest BCUT2D eigenvalue weighted by Gasteiger charge is -2.04. The SMILES string of the molecule is Cc1cc([N+](=O)[O-])ccc1-n1cc(CCCO)nn1. The molecule has 0 saturated heterocycles. The van der Waals surface area contributed by atoms with E-state index in [1.54, 1.807) is 23.9 Å². The molecule has 0 atom stereocenters. The molecule has 0 unspecified atom stereocenters. The third kappa shape index (κ3) is 2.94. The quantitative estimate of drug-likeness (QED) is 0.649. The zero-order valence-corrected chi connectivity index (χ0v) is 10.5. The van der Waals surface area contributed by atoms with Crippen molar-refractivity contribution in [2.24, 2.45) is 0 Å². The lowest BCUT2D eigenvalue weighted by atomic mass is 10.2. The summed E-state index contributed by atoms with van der Waals surface area (Å²) < 4.78 is 1.59. The summed E-state index contributed by atoms with van der Waals surface area (Å²) >= 11 is 0. The maximum absolute atomic E-state index is 10.7. The van der Waals surface area contributed by atoms with Crippen molar-refractivity contribution in [1.82, 2.24) is 15.0 Å². The van der Waals surface area contributed by atoms with Crippen LogP contribution in [0.5, 0.6) is 0 Å². The first-order valence-electron chi connectivity index (χ1n) is 5.89. The molecule has 1 N–H and O–H groups in total. The normalized spacial score (nSPS) is 10.6. The molecule has 7 nitrogen and oxygen atoms in total. The summed E-state index contributed by atoms with van der Waals surface area (Å²) in [6, 6.07) is 4.60. The first-order valence-corrected chi connectivity index (χ1v) is 5.89. The van der Waals surface area contributed by atoms with Crippen LogP contribution in [0.15, 0.2) is 24.4 Å². The van der Waals surface area contributed by atoms with E-state index in [1.807, 2.05) is 0 Å². The van der Waals surface area contributed by atoms with Gasteiger partial charge in [0.15, 0.2) is 0 Å². The number of aliphatic hydroxyl groups excluding tert-OH is 1. The van der Waals surface area contributed by atoms with Crippen LogP contribution in [0.4, 0.5) is 5.69 Å². The smallest absolute Gasteiger partial charge is 0.269 e. The number of aromatic nitrogens is 3. The number of benzene rings is 1. The Labute approximate surface area is 109 Å². The third-order valence-electron chi connectivity index (χ3n) is 2.77. The van der Waals surface area contributed by atoms with Gasteiger partial charge >= 0.3 is 0 Å². The molecule has 1 aromatic carbocycles. The van der Waals surface area contributed by atoms with Crippen LogP contribution in [-0.4, -0.2) is 31.6 Å². The number of aliphatic hydroxyl groups is 1. The largest absolute Gasteiger partial charge is 0.396 e. The molecule has 100 valence electrons. The number of non-ortho nitro benzene ring substituents is 1. The van der Waals surface area contributed by atoms with Crippen molar-refractivity contribution in [2.75, 3.05) is 6.61 Å². The van der Waals surface area contributed by atoms with Gasteiger partial charge in [-0.1, -0.05) is 5.21 Å². The van der Waals surface area contributed by atoms with Crippen LogP contribution in [0.2, 0.25) is 0 Å². The highest BCUT2D eigenvalue weighted by Crippen LogP contribution is 2.19. The Morgan fingerprint density at radius 2 is 2.26 bits per heavy atom. The van der Waals surface area contributed by atoms with E-state index in [9.17, 15) is 10.1 Å². The zero-order chi connectivity index (χ0) is 13.8. The summed E-state index contributed by atoms with van der Waals surface area (Å²) in [6.45, 7) is 1.90. The summed E-state index contributed by atoms with van der Waals surface area (Å²) in [5.41, 5.74) is 2.36. The Bertz CT molecular complexity index is 594. The summed E-state index contributed by atoms with van der Waals surface area (Å²) in [6.07, 6.45) is 3.06. The number of nitrogens with zero attached hydrogens (tertiary/aromatic N) is 4. The van der Waals surface area contributed by atoms with Gasteiger partial charge in [0.05, 0.1) is 22.5 Å². The Kier molecular flexibility index (Phi) is 3.86. The van der Waals surface area contributed by atoms with Crippen molar-refractivity contribution in [3.63, 3.8) is 0 Å². The van der Waals surface area contributed by atoms with E-state index in [2.05, 4.69) is 10.3 Å². The second-order valence-corrected chi connectivity index (χ2v) is 4.21. The molecule has 0 radical (unpaired) electrons. The molecule has 0 aliphatic rings. The number of aryl methyl sites for hydroxylation is 2. The lowest BCUT2D eigenvalue weighted by Crippen LogP contribution is -1.99. The van der Waals surface area contributed by atoms with Gasteiger partial charge in [0.2, 0.25) is 0 Å². The highest BCUT2D eigenvalue weighted by molar-refractivity contribution is 5.47. The number of nitro groups is 1. The van der Waals surface area contributed by atoms with Gasteiger partial charge in [-0.2, -0.15) is 0 Å². The van der Waals surface area contributed by atoms with Crippen LogP contribution in [0.25, 0.3) is 5.69 Å². The van der Waals surface area contributed by atoms with E-state index in [0.717, 1.165) is 16.9 Å². The summed E-state index contributed by atoms with van der Waals surface area (Å²) in [4.78, 5) is 10.2. The van der Waals surface area contributed by atoms with Gasteiger partial charge in [-0.05, 0) is 31.4 Å². The Morgan fingerprint density at radius 3 is 2.89 bits per heavy atom. The second kappa shape index (κ2) is 5.57. The van der Waals surface area contributed by atoms with Gasteiger partial charge in [0.25, 0.3) is 5.69 Å². The molecule has 0 saturated carbocycles. The molecule has 0 bridgehead atoms. The highest BCUT2D eigenvalue weighted by atomic mass is 16.6. The molecule has 19 heavy (non-hydrogen) atoms. The van der Waals surface area contributed by atoms with Crippen molar-refractivity contribution < 1.29 is 10.0 Å². The van der Waals surface area contributed by atoms with Crippen molar-refractivity contribution in [3.8, 4) is 5.69 Å². The molecule has 0 aliphatic carbocycles. The molecule has 2 rings (SSSR count). The molecule has 2 aromatic rings. The first-order chi connectivity index (χ1) is 9.11. The average molecular weight is 262 g/mol. The monoisotopic (exact) mass is 262 g/mol. The molecule has 1 aromatic heterocycles. The second-order valence-electron chi connectivity index (χ2n) is 4.21. The number of rotatable bonds is 5. The molecule has 0 spiro atoms. The van der Waals surface area contributed by atoms with Gasteiger partial charge in [-0.3, -0.25) is 10.1 Å². The fraction of sp³-hybridized carbons (Fsp3) is 0.333. The van der Waals surface area contributed by atoms with E-state index < -0.39 is 4.92 Å².